The van der Waals surface area contributed by atoms with Gasteiger partial charge in [-0.3, -0.25) is 4.98 Å². The van der Waals surface area contributed by atoms with Crippen LogP contribution < -0.4 is 9.47 Å². The normalized spacial score (nSPS) is 10.2. The van der Waals surface area contributed by atoms with Gasteiger partial charge in [0.05, 0.1) is 14.2 Å². The zero-order chi connectivity index (χ0) is 13.1. The molecule has 1 aromatic carbocycles. The van der Waals surface area contributed by atoms with Crippen molar-refractivity contribution in [2.75, 3.05) is 14.2 Å². The van der Waals surface area contributed by atoms with E-state index in [0.29, 0.717) is 0 Å². The van der Waals surface area contributed by atoms with Gasteiger partial charge in [-0.2, -0.15) is 0 Å². The Morgan fingerprint density at radius 3 is 1.61 bits per heavy atom. The third-order valence-electron chi connectivity index (χ3n) is 2.77. The molecule has 18 heavy (non-hydrogen) atoms. The summed E-state index contributed by atoms with van der Waals surface area (Å²) in [6.45, 7) is 3.99. The molecule has 0 radical (unpaired) electrons. The molecule has 3 heteroatoms. The van der Waals surface area contributed by atoms with Gasteiger partial charge in [0, 0.05) is 17.5 Å². The Hall–Kier alpha value is -2.03. The molecule has 0 N–H and O–H groups in total. The van der Waals surface area contributed by atoms with Gasteiger partial charge in [-0.05, 0) is 49.2 Å². The standard InChI is InChI=1S/C15H17NO2/c1-10-5-12(6-11(2)16-10)13-7-14(17-3)9-15(8-13)18-4/h5-9H,1-4H3. The number of hydrogen-bond donors (Lipinski definition) is 0. The Kier molecular flexibility index (Phi) is 3.51. The maximum Gasteiger partial charge on any atom is 0.123 e. The summed E-state index contributed by atoms with van der Waals surface area (Å²) in [5, 5.41) is 0. The first-order valence-electron chi connectivity index (χ1n) is 5.81. The van der Waals surface area contributed by atoms with E-state index in [1.54, 1.807) is 14.2 Å². The summed E-state index contributed by atoms with van der Waals surface area (Å²) in [5.41, 5.74) is 4.20. The highest BCUT2D eigenvalue weighted by Crippen LogP contribution is 2.30. The van der Waals surface area contributed by atoms with E-state index in [-0.39, 0.29) is 0 Å². The van der Waals surface area contributed by atoms with Gasteiger partial charge in [0.2, 0.25) is 0 Å². The fourth-order valence-corrected chi connectivity index (χ4v) is 1.98. The minimum absolute atomic E-state index is 0.788. The number of pyridine rings is 1. The zero-order valence-corrected chi connectivity index (χ0v) is 11.2. The summed E-state index contributed by atoms with van der Waals surface area (Å²) in [6, 6.07) is 9.97. The number of ether oxygens (including phenoxy) is 2. The molecule has 94 valence electrons. The van der Waals surface area contributed by atoms with E-state index in [2.05, 4.69) is 17.1 Å². The number of rotatable bonds is 3. The first-order chi connectivity index (χ1) is 8.62. The summed E-state index contributed by atoms with van der Waals surface area (Å²) in [4.78, 5) is 4.38. The zero-order valence-electron chi connectivity index (χ0n) is 11.2. The highest BCUT2D eigenvalue weighted by Gasteiger charge is 2.05. The molecule has 0 spiro atoms. The first-order valence-corrected chi connectivity index (χ1v) is 5.81. The fourth-order valence-electron chi connectivity index (χ4n) is 1.98. The van der Waals surface area contributed by atoms with Crippen molar-refractivity contribution in [3.05, 3.63) is 41.7 Å². The molecule has 0 saturated carbocycles. The van der Waals surface area contributed by atoms with Crippen LogP contribution in [0.15, 0.2) is 30.3 Å². The van der Waals surface area contributed by atoms with Crippen LogP contribution in [0.5, 0.6) is 11.5 Å². The molecule has 0 bridgehead atoms. The molecule has 1 aromatic heterocycles. The molecule has 0 atom stereocenters. The van der Waals surface area contributed by atoms with Crippen molar-refractivity contribution in [1.29, 1.82) is 0 Å². The van der Waals surface area contributed by atoms with Crippen molar-refractivity contribution >= 4 is 0 Å². The molecular formula is C15H17NO2. The molecule has 0 aliphatic rings. The highest BCUT2D eigenvalue weighted by molar-refractivity contribution is 5.67. The van der Waals surface area contributed by atoms with E-state index in [1.165, 1.54) is 0 Å². The van der Waals surface area contributed by atoms with Crippen LogP contribution in [0.1, 0.15) is 11.4 Å². The second-order valence-corrected chi connectivity index (χ2v) is 4.24. The van der Waals surface area contributed by atoms with Crippen LogP contribution in [0.4, 0.5) is 0 Å². The lowest BCUT2D eigenvalue weighted by atomic mass is 10.0. The molecule has 0 aliphatic carbocycles. The van der Waals surface area contributed by atoms with Crippen LogP contribution in [-0.2, 0) is 0 Å². The minimum atomic E-state index is 0.788. The largest absolute Gasteiger partial charge is 0.497 e. The molecule has 0 amide bonds. The molecule has 0 unspecified atom stereocenters. The summed E-state index contributed by atoms with van der Waals surface area (Å²) >= 11 is 0. The average molecular weight is 243 g/mol. The van der Waals surface area contributed by atoms with E-state index < -0.39 is 0 Å². The molecule has 1 heterocycles. The Bertz CT molecular complexity index is 522. The molecule has 3 nitrogen and oxygen atoms in total. The van der Waals surface area contributed by atoms with Crippen LogP contribution in [-0.4, -0.2) is 19.2 Å². The van der Waals surface area contributed by atoms with Crippen molar-refractivity contribution in [2.45, 2.75) is 13.8 Å². The summed E-state index contributed by atoms with van der Waals surface area (Å²) in [6.07, 6.45) is 0. The quantitative estimate of drug-likeness (QED) is 0.828. The molecule has 0 saturated heterocycles. The summed E-state index contributed by atoms with van der Waals surface area (Å²) in [7, 11) is 3.31. The van der Waals surface area contributed by atoms with E-state index in [1.807, 2.05) is 32.0 Å². The smallest absolute Gasteiger partial charge is 0.123 e. The second kappa shape index (κ2) is 5.08. The third-order valence-corrected chi connectivity index (χ3v) is 2.77. The molecular weight excluding hydrogens is 226 g/mol. The predicted octanol–water partition coefficient (Wildman–Crippen LogP) is 3.38. The van der Waals surface area contributed by atoms with Crippen molar-refractivity contribution in [2.24, 2.45) is 0 Å². The van der Waals surface area contributed by atoms with E-state index >= 15 is 0 Å². The van der Waals surface area contributed by atoms with Gasteiger partial charge < -0.3 is 9.47 Å². The number of aromatic nitrogens is 1. The highest BCUT2D eigenvalue weighted by atomic mass is 16.5. The van der Waals surface area contributed by atoms with Gasteiger partial charge in [0.15, 0.2) is 0 Å². The van der Waals surface area contributed by atoms with Crippen molar-refractivity contribution in [3.63, 3.8) is 0 Å². The van der Waals surface area contributed by atoms with Crippen LogP contribution in [0.3, 0.4) is 0 Å². The van der Waals surface area contributed by atoms with Crippen LogP contribution in [0.25, 0.3) is 11.1 Å². The van der Waals surface area contributed by atoms with E-state index in [0.717, 1.165) is 34.0 Å². The Morgan fingerprint density at radius 2 is 1.17 bits per heavy atom. The second-order valence-electron chi connectivity index (χ2n) is 4.24. The predicted molar refractivity (Wildman–Crippen MR) is 72.3 cm³/mol. The average Bonchev–Trinajstić information content (AvgIpc) is 2.37. The molecule has 2 rings (SSSR count). The van der Waals surface area contributed by atoms with Gasteiger partial charge in [0.1, 0.15) is 11.5 Å². The maximum atomic E-state index is 5.28. The Balaban J connectivity index is 2.55. The van der Waals surface area contributed by atoms with E-state index in [4.69, 9.17) is 9.47 Å². The summed E-state index contributed by atoms with van der Waals surface area (Å²) in [5.74, 6) is 1.58. The molecule has 0 fully saturated rings. The van der Waals surface area contributed by atoms with Crippen molar-refractivity contribution in [1.82, 2.24) is 4.98 Å². The number of methoxy groups -OCH3 is 2. The monoisotopic (exact) mass is 243 g/mol. The Labute approximate surface area is 107 Å². The van der Waals surface area contributed by atoms with Gasteiger partial charge >= 0.3 is 0 Å². The van der Waals surface area contributed by atoms with Crippen molar-refractivity contribution in [3.8, 4) is 22.6 Å². The lowest BCUT2D eigenvalue weighted by Crippen LogP contribution is -1.91. The molecule has 0 aliphatic heterocycles. The van der Waals surface area contributed by atoms with Crippen LogP contribution >= 0.6 is 0 Å². The maximum absolute atomic E-state index is 5.28. The van der Waals surface area contributed by atoms with Crippen LogP contribution in [0.2, 0.25) is 0 Å². The number of aryl methyl sites for hydroxylation is 2. The van der Waals surface area contributed by atoms with Gasteiger partial charge in [-0.15, -0.1) is 0 Å². The number of nitrogens with zero attached hydrogens (tertiary/aromatic N) is 1. The SMILES string of the molecule is COc1cc(OC)cc(-c2cc(C)nc(C)c2)c1. The number of hydrogen-bond acceptors (Lipinski definition) is 3. The van der Waals surface area contributed by atoms with Gasteiger partial charge in [0.25, 0.3) is 0 Å². The van der Waals surface area contributed by atoms with Gasteiger partial charge in [-0.25, -0.2) is 0 Å². The first kappa shape index (κ1) is 12.4. The van der Waals surface area contributed by atoms with E-state index in [9.17, 15) is 0 Å². The third kappa shape index (κ3) is 2.62. The lowest BCUT2D eigenvalue weighted by Gasteiger charge is -2.09. The number of benzene rings is 1. The minimum Gasteiger partial charge on any atom is -0.497 e. The molecule has 2 aromatic rings. The van der Waals surface area contributed by atoms with Gasteiger partial charge in [-0.1, -0.05) is 0 Å². The van der Waals surface area contributed by atoms with Crippen molar-refractivity contribution < 1.29 is 9.47 Å². The lowest BCUT2D eigenvalue weighted by molar-refractivity contribution is 0.394. The fraction of sp³-hybridized carbons (Fsp3) is 0.267. The van der Waals surface area contributed by atoms with Crippen LogP contribution in [0, 0.1) is 13.8 Å². The topological polar surface area (TPSA) is 31.4 Å². The Morgan fingerprint density at radius 1 is 0.722 bits per heavy atom. The summed E-state index contributed by atoms with van der Waals surface area (Å²) < 4.78 is 10.6.